The van der Waals surface area contributed by atoms with Gasteiger partial charge in [-0.25, -0.2) is 0 Å². The Morgan fingerprint density at radius 3 is 2.62 bits per heavy atom. The lowest BCUT2D eigenvalue weighted by molar-refractivity contribution is -0.104. The van der Waals surface area contributed by atoms with Gasteiger partial charge in [0.2, 0.25) is 0 Å². The molecule has 3 atom stereocenters. The molecule has 21 heavy (non-hydrogen) atoms. The fraction of sp³-hybridized carbons (Fsp3) is 1.00. The summed E-state index contributed by atoms with van der Waals surface area (Å²) in [5.74, 6) is 0.904. The smallest absolute Gasteiger partial charge is 0.0745 e. The van der Waals surface area contributed by atoms with E-state index in [1.165, 1.54) is 51.7 Å². The minimum absolute atomic E-state index is 0. The van der Waals surface area contributed by atoms with E-state index in [1.54, 1.807) is 0 Å². The minimum atomic E-state index is 0. The standard InChI is InChI=1S/C16H31N3O.ClH/c1-18(2)14-3-4-15-16(11-14)20-10-9-19(15)12-13-5-7-17-8-6-13;/h13-17H,3-12H2,1-2H3;1H. The van der Waals surface area contributed by atoms with Gasteiger partial charge in [0, 0.05) is 25.2 Å². The number of nitrogens with one attached hydrogen (secondary N) is 1. The van der Waals surface area contributed by atoms with Crippen LogP contribution in [0, 0.1) is 5.92 Å². The van der Waals surface area contributed by atoms with Gasteiger partial charge in [-0.15, -0.1) is 12.4 Å². The van der Waals surface area contributed by atoms with E-state index in [1.807, 2.05) is 0 Å². The van der Waals surface area contributed by atoms with Crippen molar-refractivity contribution in [3.8, 4) is 0 Å². The van der Waals surface area contributed by atoms with Crippen LogP contribution < -0.4 is 5.32 Å². The zero-order chi connectivity index (χ0) is 13.9. The maximum Gasteiger partial charge on any atom is 0.0745 e. The third kappa shape index (κ3) is 4.32. The molecule has 2 heterocycles. The topological polar surface area (TPSA) is 27.7 Å². The van der Waals surface area contributed by atoms with Crippen LogP contribution in [0.3, 0.4) is 0 Å². The Morgan fingerprint density at radius 1 is 1.14 bits per heavy atom. The zero-order valence-electron chi connectivity index (χ0n) is 13.6. The molecular weight excluding hydrogens is 286 g/mol. The summed E-state index contributed by atoms with van der Waals surface area (Å²) in [6.45, 7) is 5.82. The van der Waals surface area contributed by atoms with Gasteiger partial charge in [-0.05, 0) is 65.2 Å². The molecule has 4 nitrogen and oxygen atoms in total. The Hall–Kier alpha value is 0.130. The highest BCUT2D eigenvalue weighted by Crippen LogP contribution is 2.31. The number of nitrogens with zero attached hydrogens (tertiary/aromatic N) is 2. The van der Waals surface area contributed by atoms with Crippen LogP contribution in [-0.4, -0.2) is 74.9 Å². The summed E-state index contributed by atoms with van der Waals surface area (Å²) < 4.78 is 6.10. The molecule has 1 N–H and O–H groups in total. The monoisotopic (exact) mass is 317 g/mol. The van der Waals surface area contributed by atoms with Crippen LogP contribution in [0.25, 0.3) is 0 Å². The average Bonchev–Trinajstić information content (AvgIpc) is 2.48. The lowest BCUT2D eigenvalue weighted by Crippen LogP contribution is -2.57. The normalized spacial score (nSPS) is 35.3. The Labute approximate surface area is 136 Å². The molecule has 0 aromatic carbocycles. The largest absolute Gasteiger partial charge is 0.375 e. The quantitative estimate of drug-likeness (QED) is 0.855. The highest BCUT2D eigenvalue weighted by Gasteiger charge is 2.38. The molecule has 2 saturated heterocycles. The first-order valence-electron chi connectivity index (χ1n) is 8.47. The Bertz CT molecular complexity index is 310. The SMILES string of the molecule is CN(C)C1CCC2C(C1)OCCN2CC1CCNCC1.Cl. The number of ether oxygens (including phenoxy) is 1. The van der Waals surface area contributed by atoms with Crippen molar-refractivity contribution in [3.05, 3.63) is 0 Å². The second-order valence-corrected chi connectivity index (χ2v) is 7.10. The lowest BCUT2D eigenvalue weighted by atomic mass is 9.85. The number of hydrogen-bond donors (Lipinski definition) is 1. The van der Waals surface area contributed by atoms with E-state index >= 15 is 0 Å². The third-order valence-corrected chi connectivity index (χ3v) is 5.59. The molecule has 124 valence electrons. The third-order valence-electron chi connectivity index (χ3n) is 5.59. The predicted octanol–water partition coefficient (Wildman–Crippen LogP) is 1.59. The van der Waals surface area contributed by atoms with Crippen LogP contribution in [0.15, 0.2) is 0 Å². The molecule has 3 unspecified atom stereocenters. The van der Waals surface area contributed by atoms with E-state index in [4.69, 9.17) is 4.74 Å². The molecule has 0 spiro atoms. The fourth-order valence-corrected chi connectivity index (χ4v) is 4.27. The molecule has 0 radical (unpaired) electrons. The van der Waals surface area contributed by atoms with Crippen LogP contribution in [0.4, 0.5) is 0 Å². The Morgan fingerprint density at radius 2 is 1.90 bits per heavy atom. The van der Waals surface area contributed by atoms with Gasteiger partial charge >= 0.3 is 0 Å². The van der Waals surface area contributed by atoms with Gasteiger partial charge in [-0.3, -0.25) is 4.90 Å². The van der Waals surface area contributed by atoms with Crippen molar-refractivity contribution in [1.82, 2.24) is 15.1 Å². The molecule has 3 aliphatic rings. The maximum absolute atomic E-state index is 6.10. The number of piperidine rings is 1. The van der Waals surface area contributed by atoms with Gasteiger partial charge in [0.25, 0.3) is 0 Å². The van der Waals surface area contributed by atoms with Crippen LogP contribution >= 0.6 is 12.4 Å². The summed E-state index contributed by atoms with van der Waals surface area (Å²) in [5, 5.41) is 3.48. The van der Waals surface area contributed by atoms with Crippen LogP contribution in [0.2, 0.25) is 0 Å². The molecule has 0 aromatic rings. The Balaban J connectivity index is 0.00000161. The van der Waals surface area contributed by atoms with E-state index in [0.29, 0.717) is 12.1 Å². The first-order valence-corrected chi connectivity index (χ1v) is 8.47. The molecule has 2 aliphatic heterocycles. The zero-order valence-corrected chi connectivity index (χ0v) is 14.4. The van der Waals surface area contributed by atoms with Gasteiger partial charge in [-0.2, -0.15) is 0 Å². The highest BCUT2D eigenvalue weighted by molar-refractivity contribution is 5.85. The molecule has 3 rings (SSSR count). The van der Waals surface area contributed by atoms with Gasteiger partial charge in [0.05, 0.1) is 12.7 Å². The van der Waals surface area contributed by atoms with Gasteiger partial charge in [0.15, 0.2) is 0 Å². The molecule has 0 amide bonds. The van der Waals surface area contributed by atoms with Crippen molar-refractivity contribution in [2.24, 2.45) is 5.92 Å². The number of rotatable bonds is 3. The summed E-state index contributed by atoms with van der Waals surface area (Å²) in [6, 6.07) is 1.41. The first-order chi connectivity index (χ1) is 9.74. The van der Waals surface area contributed by atoms with E-state index in [2.05, 4.69) is 29.2 Å². The second-order valence-electron chi connectivity index (χ2n) is 7.10. The van der Waals surface area contributed by atoms with E-state index in [-0.39, 0.29) is 12.4 Å². The number of fused-ring (bicyclic) bond motifs is 1. The van der Waals surface area contributed by atoms with Gasteiger partial charge in [-0.1, -0.05) is 0 Å². The molecule has 0 aromatic heterocycles. The Kier molecular flexibility index (Phi) is 6.76. The van der Waals surface area contributed by atoms with E-state index in [9.17, 15) is 0 Å². The van der Waals surface area contributed by atoms with Crippen molar-refractivity contribution in [2.75, 3.05) is 46.9 Å². The summed E-state index contributed by atoms with van der Waals surface area (Å²) in [5.41, 5.74) is 0. The second kappa shape index (κ2) is 8.11. The minimum Gasteiger partial charge on any atom is -0.375 e. The lowest BCUT2D eigenvalue weighted by Gasteiger charge is -2.48. The van der Waals surface area contributed by atoms with Gasteiger partial charge in [0.1, 0.15) is 0 Å². The van der Waals surface area contributed by atoms with Crippen LogP contribution in [0.5, 0.6) is 0 Å². The molecule has 1 aliphatic carbocycles. The average molecular weight is 318 g/mol. The summed E-state index contributed by atoms with van der Waals surface area (Å²) >= 11 is 0. The van der Waals surface area contributed by atoms with Crippen molar-refractivity contribution >= 4 is 12.4 Å². The van der Waals surface area contributed by atoms with E-state index < -0.39 is 0 Å². The highest BCUT2D eigenvalue weighted by atomic mass is 35.5. The van der Waals surface area contributed by atoms with E-state index in [0.717, 1.165) is 25.1 Å². The van der Waals surface area contributed by atoms with Crippen LogP contribution in [-0.2, 0) is 4.74 Å². The van der Waals surface area contributed by atoms with Crippen LogP contribution in [0.1, 0.15) is 32.1 Å². The summed E-state index contributed by atoms with van der Waals surface area (Å²) in [4.78, 5) is 5.14. The fourth-order valence-electron chi connectivity index (χ4n) is 4.27. The number of morpholine rings is 1. The number of halogens is 1. The first kappa shape index (κ1) is 17.5. The molecule has 5 heteroatoms. The van der Waals surface area contributed by atoms with Crippen molar-refractivity contribution in [3.63, 3.8) is 0 Å². The molecule has 1 saturated carbocycles. The van der Waals surface area contributed by atoms with Crippen molar-refractivity contribution < 1.29 is 4.74 Å². The van der Waals surface area contributed by atoms with Crippen molar-refractivity contribution in [1.29, 1.82) is 0 Å². The summed E-state index contributed by atoms with van der Waals surface area (Å²) in [6.07, 6.45) is 7.06. The molecule has 3 fully saturated rings. The number of hydrogen-bond acceptors (Lipinski definition) is 4. The molecular formula is C16H32ClN3O. The predicted molar refractivity (Wildman–Crippen MR) is 89.3 cm³/mol. The van der Waals surface area contributed by atoms with Gasteiger partial charge < -0.3 is 15.0 Å². The summed E-state index contributed by atoms with van der Waals surface area (Å²) in [7, 11) is 4.42. The maximum atomic E-state index is 6.10. The van der Waals surface area contributed by atoms with Crippen molar-refractivity contribution in [2.45, 2.75) is 50.3 Å². The molecule has 0 bridgehead atoms.